The Labute approximate surface area is 281 Å². The summed E-state index contributed by atoms with van der Waals surface area (Å²) in [7, 11) is -0.437. The molecule has 0 N–H and O–H groups in total. The molecular formula is C42H36BNO2S. The average Bonchev–Trinajstić information content (AvgIpc) is 3.58. The second kappa shape index (κ2) is 11.5. The molecule has 8 rings (SSSR count). The van der Waals surface area contributed by atoms with Crippen molar-refractivity contribution in [1.82, 2.24) is 0 Å². The van der Waals surface area contributed by atoms with Crippen molar-refractivity contribution in [3.05, 3.63) is 146 Å². The van der Waals surface area contributed by atoms with Gasteiger partial charge in [-0.3, -0.25) is 0 Å². The topological polar surface area (TPSA) is 21.7 Å². The van der Waals surface area contributed by atoms with E-state index in [1.54, 1.807) is 0 Å². The lowest BCUT2D eigenvalue weighted by atomic mass is 9.79. The highest BCUT2D eigenvalue weighted by molar-refractivity contribution is 7.25. The summed E-state index contributed by atoms with van der Waals surface area (Å²) < 4.78 is 15.5. The number of benzene rings is 6. The third-order valence-electron chi connectivity index (χ3n) is 9.72. The van der Waals surface area contributed by atoms with Gasteiger partial charge in [0.25, 0.3) is 0 Å². The highest BCUT2D eigenvalue weighted by atomic mass is 32.1. The highest BCUT2D eigenvalue weighted by Crippen LogP contribution is 2.40. The van der Waals surface area contributed by atoms with Crippen LogP contribution in [0.5, 0.6) is 0 Å². The van der Waals surface area contributed by atoms with Gasteiger partial charge in [-0.25, -0.2) is 0 Å². The first-order valence-corrected chi connectivity index (χ1v) is 17.0. The molecule has 0 amide bonds. The van der Waals surface area contributed by atoms with Gasteiger partial charge in [-0.15, -0.1) is 11.3 Å². The van der Waals surface area contributed by atoms with Crippen LogP contribution in [0.4, 0.5) is 17.1 Å². The molecule has 47 heavy (non-hydrogen) atoms. The summed E-state index contributed by atoms with van der Waals surface area (Å²) in [5, 5.41) is 2.63. The molecule has 1 aromatic heterocycles. The minimum Gasteiger partial charge on any atom is -0.399 e. The molecule has 1 saturated heterocycles. The van der Waals surface area contributed by atoms with Crippen LogP contribution in [0.2, 0.25) is 0 Å². The summed E-state index contributed by atoms with van der Waals surface area (Å²) in [5.41, 5.74) is 8.18. The van der Waals surface area contributed by atoms with Crippen LogP contribution < -0.4 is 10.4 Å². The van der Waals surface area contributed by atoms with Crippen molar-refractivity contribution >= 4 is 61.2 Å². The van der Waals surface area contributed by atoms with Crippen molar-refractivity contribution in [2.75, 3.05) is 4.90 Å². The van der Waals surface area contributed by atoms with Gasteiger partial charge in [0.15, 0.2) is 0 Å². The Kier molecular flexibility index (Phi) is 7.29. The zero-order valence-corrected chi connectivity index (χ0v) is 27.9. The molecule has 0 radical (unpaired) electrons. The van der Waals surface area contributed by atoms with E-state index in [1.807, 2.05) is 11.3 Å². The standard InChI is InChI=1S/C42H36BNO2S/c1-41(2)42(3,4)46-43(45-41)33-13-10-14-36(28-33)44(34-22-17-30(18-23-34)29-11-6-5-7-12-29)35-24-19-31(20-25-35)32-21-26-40-38(27-32)37-15-8-9-16-39(37)47-40/h5-28H,1-4H3. The molecule has 7 aromatic rings. The molecular weight excluding hydrogens is 593 g/mol. The van der Waals surface area contributed by atoms with Crippen LogP contribution in [0.1, 0.15) is 27.7 Å². The Hall–Kier alpha value is -4.68. The zero-order chi connectivity index (χ0) is 32.2. The number of rotatable bonds is 6. The molecule has 5 heteroatoms. The number of hydrogen-bond donors (Lipinski definition) is 0. The molecule has 6 aromatic carbocycles. The van der Waals surface area contributed by atoms with Crippen molar-refractivity contribution in [2.45, 2.75) is 38.9 Å². The molecule has 0 saturated carbocycles. The minimum absolute atomic E-state index is 0.408. The monoisotopic (exact) mass is 629 g/mol. The molecule has 0 atom stereocenters. The Balaban J connectivity index is 1.18. The largest absolute Gasteiger partial charge is 0.494 e. The van der Waals surface area contributed by atoms with Gasteiger partial charge in [-0.2, -0.15) is 0 Å². The SMILES string of the molecule is CC1(C)OB(c2cccc(N(c3ccc(-c4ccccc4)cc3)c3ccc(-c4ccc5sc6ccccc6c5c4)cc3)c2)OC1(C)C. The molecule has 0 unspecified atom stereocenters. The number of anilines is 3. The molecule has 230 valence electrons. The fraction of sp³-hybridized carbons (Fsp3) is 0.143. The number of thiophene rings is 1. The van der Waals surface area contributed by atoms with Crippen molar-refractivity contribution in [3.63, 3.8) is 0 Å². The first-order chi connectivity index (χ1) is 22.8. The third-order valence-corrected chi connectivity index (χ3v) is 10.9. The lowest BCUT2D eigenvalue weighted by Crippen LogP contribution is -2.41. The lowest BCUT2D eigenvalue weighted by Gasteiger charge is -2.32. The van der Waals surface area contributed by atoms with Crippen molar-refractivity contribution in [3.8, 4) is 22.3 Å². The number of nitrogens with zero attached hydrogens (tertiary/aromatic N) is 1. The Morgan fingerprint density at radius 2 is 1.02 bits per heavy atom. The summed E-state index contributed by atoms with van der Waals surface area (Å²) in [6.45, 7) is 8.38. The van der Waals surface area contributed by atoms with Gasteiger partial charge in [0, 0.05) is 37.2 Å². The van der Waals surface area contributed by atoms with Crippen LogP contribution in [0, 0.1) is 0 Å². The molecule has 1 aliphatic heterocycles. The van der Waals surface area contributed by atoms with Gasteiger partial charge in [0.05, 0.1) is 11.2 Å². The van der Waals surface area contributed by atoms with Gasteiger partial charge < -0.3 is 14.2 Å². The summed E-state index contributed by atoms with van der Waals surface area (Å²) >= 11 is 1.85. The molecule has 0 spiro atoms. The Morgan fingerprint density at radius 1 is 0.468 bits per heavy atom. The normalized spacial score (nSPS) is 15.4. The zero-order valence-electron chi connectivity index (χ0n) is 27.1. The van der Waals surface area contributed by atoms with Crippen LogP contribution in [-0.4, -0.2) is 18.3 Å². The summed E-state index contributed by atoms with van der Waals surface area (Å²) in [6.07, 6.45) is 0. The van der Waals surface area contributed by atoms with E-state index < -0.39 is 18.3 Å². The Bertz CT molecular complexity index is 2190. The van der Waals surface area contributed by atoms with Gasteiger partial charge >= 0.3 is 7.12 Å². The second-order valence-electron chi connectivity index (χ2n) is 13.3. The highest BCUT2D eigenvalue weighted by Gasteiger charge is 2.51. The molecule has 1 aliphatic rings. The van der Waals surface area contributed by atoms with Crippen LogP contribution >= 0.6 is 11.3 Å². The van der Waals surface area contributed by atoms with E-state index in [0.29, 0.717) is 0 Å². The maximum Gasteiger partial charge on any atom is 0.494 e. The molecule has 0 aliphatic carbocycles. The van der Waals surface area contributed by atoms with Crippen molar-refractivity contribution in [2.24, 2.45) is 0 Å². The fourth-order valence-corrected chi connectivity index (χ4v) is 7.47. The van der Waals surface area contributed by atoms with E-state index >= 15 is 0 Å². The summed E-state index contributed by atoms with van der Waals surface area (Å²) in [6, 6.07) is 52.2. The van der Waals surface area contributed by atoms with E-state index in [9.17, 15) is 0 Å². The molecule has 1 fully saturated rings. The average molecular weight is 630 g/mol. The fourth-order valence-electron chi connectivity index (χ4n) is 6.38. The van der Waals surface area contributed by atoms with Gasteiger partial charge in [0.2, 0.25) is 0 Å². The number of fused-ring (bicyclic) bond motifs is 3. The lowest BCUT2D eigenvalue weighted by molar-refractivity contribution is 0.00578. The smallest absolute Gasteiger partial charge is 0.399 e. The van der Waals surface area contributed by atoms with Gasteiger partial charge in [-0.1, -0.05) is 91.0 Å². The summed E-state index contributed by atoms with van der Waals surface area (Å²) in [4.78, 5) is 2.31. The first-order valence-electron chi connectivity index (χ1n) is 16.2. The number of hydrogen-bond acceptors (Lipinski definition) is 4. The quantitative estimate of drug-likeness (QED) is 0.171. The molecule has 2 heterocycles. The van der Waals surface area contributed by atoms with Crippen molar-refractivity contribution in [1.29, 1.82) is 0 Å². The maximum absolute atomic E-state index is 6.44. The van der Waals surface area contributed by atoms with E-state index in [0.717, 1.165) is 22.5 Å². The van der Waals surface area contributed by atoms with Crippen LogP contribution in [-0.2, 0) is 9.31 Å². The van der Waals surface area contributed by atoms with Crippen LogP contribution in [0.3, 0.4) is 0 Å². The second-order valence-corrected chi connectivity index (χ2v) is 14.4. The Morgan fingerprint density at radius 3 is 1.70 bits per heavy atom. The van der Waals surface area contributed by atoms with Crippen molar-refractivity contribution < 1.29 is 9.31 Å². The van der Waals surface area contributed by atoms with E-state index in [1.165, 1.54) is 42.4 Å². The van der Waals surface area contributed by atoms with Crippen LogP contribution in [0.15, 0.2) is 146 Å². The first kappa shape index (κ1) is 29.7. The van der Waals surface area contributed by atoms with E-state index in [2.05, 4.69) is 178 Å². The predicted octanol–water partition coefficient (Wildman–Crippen LogP) is 11.2. The van der Waals surface area contributed by atoms with E-state index in [4.69, 9.17) is 9.31 Å². The minimum atomic E-state index is -0.437. The third kappa shape index (κ3) is 5.45. The summed E-state index contributed by atoms with van der Waals surface area (Å²) in [5.74, 6) is 0. The van der Waals surface area contributed by atoms with Crippen LogP contribution in [0.25, 0.3) is 42.4 Å². The predicted molar refractivity (Wildman–Crippen MR) is 201 cm³/mol. The van der Waals surface area contributed by atoms with Gasteiger partial charge in [-0.05, 0) is 110 Å². The maximum atomic E-state index is 6.44. The molecule has 3 nitrogen and oxygen atoms in total. The van der Waals surface area contributed by atoms with Gasteiger partial charge in [0.1, 0.15) is 0 Å². The van der Waals surface area contributed by atoms with E-state index in [-0.39, 0.29) is 0 Å². The molecule has 0 bridgehead atoms.